The maximum Gasteiger partial charge on any atom is 0.224 e. The van der Waals surface area contributed by atoms with Crippen molar-refractivity contribution in [1.29, 1.82) is 0 Å². The summed E-state index contributed by atoms with van der Waals surface area (Å²) in [4.78, 5) is 16.5. The Labute approximate surface area is 175 Å². The third-order valence-corrected chi connectivity index (χ3v) is 4.97. The van der Waals surface area contributed by atoms with Crippen molar-refractivity contribution in [2.75, 3.05) is 25.0 Å². The molecule has 1 unspecified atom stereocenters. The topological polar surface area (TPSA) is 85.8 Å². The number of carbonyl (C=O) groups excluding carboxylic acids is 1. The third-order valence-electron chi connectivity index (χ3n) is 4.03. The van der Waals surface area contributed by atoms with Crippen molar-refractivity contribution in [2.45, 2.75) is 32.3 Å². The zero-order valence-electron chi connectivity index (χ0n) is 16.2. The third kappa shape index (κ3) is 7.50. The Hall–Kier alpha value is -2.09. The van der Waals surface area contributed by atoms with E-state index in [1.165, 1.54) is 0 Å². The smallest absolute Gasteiger partial charge is 0.224 e. The minimum Gasteiger partial charge on any atom is -0.383 e. The summed E-state index contributed by atoms with van der Waals surface area (Å²) in [5, 5.41) is 24.3. The normalized spacial score (nSPS) is 13.6. The number of nitrogens with one attached hydrogen (secondary N) is 3. The molecule has 0 aliphatic rings. The van der Waals surface area contributed by atoms with E-state index in [2.05, 4.69) is 20.9 Å². The van der Waals surface area contributed by atoms with Crippen LogP contribution in [0, 0.1) is 0 Å². The van der Waals surface area contributed by atoms with Crippen molar-refractivity contribution in [2.24, 2.45) is 4.99 Å². The number of halogens is 1. The lowest BCUT2D eigenvalue weighted by molar-refractivity contribution is -0.116. The molecule has 8 heteroatoms. The molecule has 0 bridgehead atoms. The highest BCUT2D eigenvalue weighted by Gasteiger charge is 2.23. The number of nitrogens with zero attached hydrogens (tertiary/aromatic N) is 1. The van der Waals surface area contributed by atoms with Gasteiger partial charge in [0.25, 0.3) is 0 Å². The number of guanidine groups is 1. The summed E-state index contributed by atoms with van der Waals surface area (Å²) >= 11 is 7.38. The standard InChI is InChI=1S/C20H27ClN4O2S/c1-3-22-19(24-14-20(2,27)15-10-12-28-13-15)23-11-4-5-18(26)25-17-8-6-16(21)7-9-17/h6-10,12-13,27H,3-5,11,14H2,1-2H3,(H,25,26)(H2,22,23,24). The maximum absolute atomic E-state index is 12.0. The Bertz CT molecular complexity index is 761. The van der Waals surface area contributed by atoms with Gasteiger partial charge in [0.2, 0.25) is 5.91 Å². The van der Waals surface area contributed by atoms with Gasteiger partial charge in [0.1, 0.15) is 5.60 Å². The van der Waals surface area contributed by atoms with Crippen LogP contribution in [0.15, 0.2) is 46.1 Å². The Balaban J connectivity index is 1.76. The van der Waals surface area contributed by atoms with Crippen molar-refractivity contribution in [3.05, 3.63) is 51.7 Å². The first-order valence-electron chi connectivity index (χ1n) is 9.23. The fourth-order valence-electron chi connectivity index (χ4n) is 2.45. The van der Waals surface area contributed by atoms with Gasteiger partial charge >= 0.3 is 0 Å². The summed E-state index contributed by atoms with van der Waals surface area (Å²) in [6.45, 7) is 5.29. The molecule has 6 nitrogen and oxygen atoms in total. The van der Waals surface area contributed by atoms with Crippen LogP contribution in [0.5, 0.6) is 0 Å². The number of benzene rings is 1. The number of hydrogen-bond donors (Lipinski definition) is 4. The second-order valence-electron chi connectivity index (χ2n) is 6.57. The summed E-state index contributed by atoms with van der Waals surface area (Å²) < 4.78 is 0. The van der Waals surface area contributed by atoms with Crippen LogP contribution in [-0.4, -0.2) is 36.6 Å². The highest BCUT2D eigenvalue weighted by molar-refractivity contribution is 7.08. The zero-order valence-corrected chi connectivity index (χ0v) is 17.7. The largest absolute Gasteiger partial charge is 0.383 e. The van der Waals surface area contributed by atoms with Crippen molar-refractivity contribution in [1.82, 2.24) is 10.6 Å². The number of hydrogen-bond acceptors (Lipinski definition) is 4. The van der Waals surface area contributed by atoms with Gasteiger partial charge < -0.3 is 21.1 Å². The fourth-order valence-corrected chi connectivity index (χ4v) is 3.36. The molecule has 0 saturated heterocycles. The first-order valence-corrected chi connectivity index (χ1v) is 10.6. The van der Waals surface area contributed by atoms with Gasteiger partial charge in [-0.1, -0.05) is 11.6 Å². The van der Waals surface area contributed by atoms with Crippen LogP contribution >= 0.6 is 22.9 Å². The van der Waals surface area contributed by atoms with E-state index in [1.54, 1.807) is 42.5 Å². The predicted molar refractivity (Wildman–Crippen MR) is 117 cm³/mol. The van der Waals surface area contributed by atoms with Crippen LogP contribution in [0.2, 0.25) is 5.02 Å². The second-order valence-corrected chi connectivity index (χ2v) is 7.78. The number of carbonyl (C=O) groups is 1. The van der Waals surface area contributed by atoms with Gasteiger partial charge in [0.15, 0.2) is 5.96 Å². The Morgan fingerprint density at radius 1 is 1.25 bits per heavy atom. The molecule has 1 amide bonds. The number of aliphatic imine (C=N–C) groups is 1. The summed E-state index contributed by atoms with van der Waals surface area (Å²) in [5.41, 5.74) is 0.574. The van der Waals surface area contributed by atoms with E-state index >= 15 is 0 Å². The Morgan fingerprint density at radius 2 is 2.00 bits per heavy atom. The molecule has 0 saturated carbocycles. The molecule has 1 aromatic heterocycles. The Morgan fingerprint density at radius 3 is 2.64 bits per heavy atom. The quantitative estimate of drug-likeness (QED) is 0.282. The van der Waals surface area contributed by atoms with Crippen molar-refractivity contribution >= 4 is 40.5 Å². The van der Waals surface area contributed by atoms with Gasteiger partial charge in [-0.2, -0.15) is 11.3 Å². The number of rotatable bonds is 9. The Kier molecular flexibility index (Phi) is 8.76. The van der Waals surface area contributed by atoms with E-state index in [-0.39, 0.29) is 12.5 Å². The average Bonchev–Trinajstić information content (AvgIpc) is 3.21. The molecule has 4 N–H and O–H groups in total. The van der Waals surface area contributed by atoms with Crippen molar-refractivity contribution < 1.29 is 9.90 Å². The minimum absolute atomic E-state index is 0.0496. The first kappa shape index (κ1) is 22.2. The number of aliphatic hydroxyl groups is 1. The number of amides is 1. The summed E-state index contributed by atoms with van der Waals surface area (Å²) in [6, 6.07) is 8.92. The van der Waals surface area contributed by atoms with Crippen LogP contribution in [-0.2, 0) is 10.4 Å². The zero-order chi connectivity index (χ0) is 20.4. The lowest BCUT2D eigenvalue weighted by atomic mass is 10.00. The van der Waals surface area contributed by atoms with Gasteiger partial charge in [-0.15, -0.1) is 0 Å². The molecule has 28 heavy (non-hydrogen) atoms. The second kappa shape index (κ2) is 11.0. The van der Waals surface area contributed by atoms with Crippen LogP contribution in [0.1, 0.15) is 32.3 Å². The van der Waals surface area contributed by atoms with Gasteiger partial charge in [-0.05, 0) is 66.9 Å². The highest BCUT2D eigenvalue weighted by Crippen LogP contribution is 2.23. The maximum atomic E-state index is 12.0. The molecule has 1 heterocycles. The number of thiophene rings is 1. The van der Waals surface area contributed by atoms with Gasteiger partial charge in [-0.3, -0.25) is 4.79 Å². The van der Waals surface area contributed by atoms with Gasteiger partial charge in [-0.25, -0.2) is 4.99 Å². The number of anilines is 1. The van der Waals surface area contributed by atoms with E-state index in [1.807, 2.05) is 23.8 Å². The molecule has 0 fully saturated rings. The molecular weight excluding hydrogens is 396 g/mol. The molecule has 1 aromatic carbocycles. The molecule has 2 aromatic rings. The molecule has 0 radical (unpaired) electrons. The minimum atomic E-state index is -1.01. The van der Waals surface area contributed by atoms with E-state index in [0.717, 1.165) is 11.3 Å². The SMILES string of the molecule is CCNC(=NCC(C)(O)c1ccsc1)NCCCC(=O)Nc1ccc(Cl)cc1. The molecule has 0 spiro atoms. The molecule has 2 rings (SSSR count). The molecular formula is C20H27ClN4O2S. The van der Waals surface area contributed by atoms with Gasteiger partial charge in [0.05, 0.1) is 6.54 Å². The van der Waals surface area contributed by atoms with Crippen LogP contribution < -0.4 is 16.0 Å². The monoisotopic (exact) mass is 422 g/mol. The van der Waals surface area contributed by atoms with E-state index < -0.39 is 5.60 Å². The summed E-state index contributed by atoms with van der Waals surface area (Å²) in [7, 11) is 0. The molecule has 152 valence electrons. The summed E-state index contributed by atoms with van der Waals surface area (Å²) in [5.74, 6) is 0.572. The van der Waals surface area contributed by atoms with E-state index in [4.69, 9.17) is 11.6 Å². The van der Waals surface area contributed by atoms with E-state index in [9.17, 15) is 9.90 Å². The average molecular weight is 423 g/mol. The molecule has 0 aliphatic carbocycles. The lowest BCUT2D eigenvalue weighted by Crippen LogP contribution is -2.39. The van der Waals surface area contributed by atoms with Gasteiger partial charge in [0, 0.05) is 30.2 Å². The predicted octanol–water partition coefficient (Wildman–Crippen LogP) is 3.58. The van der Waals surface area contributed by atoms with Crippen molar-refractivity contribution in [3.63, 3.8) is 0 Å². The van der Waals surface area contributed by atoms with E-state index in [0.29, 0.717) is 36.9 Å². The van der Waals surface area contributed by atoms with Crippen LogP contribution in [0.4, 0.5) is 5.69 Å². The first-order chi connectivity index (χ1) is 13.4. The fraction of sp³-hybridized carbons (Fsp3) is 0.400. The van der Waals surface area contributed by atoms with Crippen LogP contribution in [0.3, 0.4) is 0 Å². The van der Waals surface area contributed by atoms with Crippen molar-refractivity contribution in [3.8, 4) is 0 Å². The summed E-state index contributed by atoms with van der Waals surface area (Å²) in [6.07, 6.45) is 1.05. The lowest BCUT2D eigenvalue weighted by Gasteiger charge is -2.21. The highest BCUT2D eigenvalue weighted by atomic mass is 35.5. The van der Waals surface area contributed by atoms with Crippen LogP contribution in [0.25, 0.3) is 0 Å². The molecule has 0 aliphatic heterocycles. The molecule has 1 atom stereocenters.